The average molecular weight is 254 g/mol. The van der Waals surface area contributed by atoms with Crippen LogP contribution in [0.25, 0.3) is 0 Å². The van der Waals surface area contributed by atoms with Crippen molar-refractivity contribution < 1.29 is 4.39 Å². The van der Waals surface area contributed by atoms with E-state index in [2.05, 4.69) is 22.0 Å². The Morgan fingerprint density at radius 3 is 2.93 bits per heavy atom. The fourth-order valence-electron chi connectivity index (χ4n) is 1.79. The largest absolute Gasteiger partial charge is 0.207 e. The zero-order valence-electron chi connectivity index (χ0n) is 7.72. The predicted octanol–water partition coefficient (Wildman–Crippen LogP) is 3.39. The molecule has 0 bridgehead atoms. The van der Waals surface area contributed by atoms with Crippen LogP contribution in [0.3, 0.4) is 0 Å². The van der Waals surface area contributed by atoms with Gasteiger partial charge in [0, 0.05) is 9.89 Å². The Morgan fingerprint density at radius 1 is 1.64 bits per heavy atom. The Hall–Kier alpha value is -0.880. The van der Waals surface area contributed by atoms with Gasteiger partial charge in [0.2, 0.25) is 0 Å². The predicted molar refractivity (Wildman–Crippen MR) is 55.2 cm³/mol. The molecule has 0 amide bonds. The highest BCUT2D eigenvalue weighted by Gasteiger charge is 2.53. The normalized spacial score (nSPS) is 29.7. The van der Waals surface area contributed by atoms with Crippen molar-refractivity contribution in [3.8, 4) is 6.07 Å². The van der Waals surface area contributed by atoms with E-state index in [0.717, 1.165) is 10.9 Å². The van der Waals surface area contributed by atoms with Crippen molar-refractivity contribution in [1.29, 1.82) is 5.26 Å². The number of benzene rings is 1. The van der Waals surface area contributed by atoms with Crippen molar-refractivity contribution in [1.82, 2.24) is 0 Å². The summed E-state index contributed by atoms with van der Waals surface area (Å²) in [6.07, 6.45) is 0.761. The summed E-state index contributed by atoms with van der Waals surface area (Å²) in [5.41, 5.74) is 0.376. The maximum absolute atomic E-state index is 13.5. The SMILES string of the molecule is CC1(c2cc(Br)ccc2F)CC1C#N. The molecule has 72 valence electrons. The lowest BCUT2D eigenvalue weighted by Crippen LogP contribution is -2.06. The van der Waals surface area contributed by atoms with Gasteiger partial charge in [-0.1, -0.05) is 22.9 Å². The molecule has 0 heterocycles. The van der Waals surface area contributed by atoms with Crippen LogP contribution in [0.5, 0.6) is 0 Å². The minimum absolute atomic E-state index is 0.0358. The van der Waals surface area contributed by atoms with Crippen molar-refractivity contribution >= 4 is 15.9 Å². The van der Waals surface area contributed by atoms with Gasteiger partial charge in [0.15, 0.2) is 0 Å². The van der Waals surface area contributed by atoms with Gasteiger partial charge in [0.1, 0.15) is 5.82 Å². The quantitative estimate of drug-likeness (QED) is 0.753. The van der Waals surface area contributed by atoms with E-state index < -0.39 is 0 Å². The van der Waals surface area contributed by atoms with Gasteiger partial charge in [-0.25, -0.2) is 4.39 Å². The van der Waals surface area contributed by atoms with Crippen LogP contribution in [0.2, 0.25) is 0 Å². The molecule has 0 radical (unpaired) electrons. The maximum Gasteiger partial charge on any atom is 0.127 e. The summed E-state index contributed by atoms with van der Waals surface area (Å²) in [5, 5.41) is 8.78. The van der Waals surface area contributed by atoms with Gasteiger partial charge in [-0.05, 0) is 30.2 Å². The summed E-state index contributed by atoms with van der Waals surface area (Å²) < 4.78 is 14.3. The Balaban J connectivity index is 2.44. The number of hydrogen-bond donors (Lipinski definition) is 0. The fourth-order valence-corrected chi connectivity index (χ4v) is 2.15. The molecular formula is C11H9BrFN. The summed E-state index contributed by atoms with van der Waals surface area (Å²) in [4.78, 5) is 0. The third-order valence-corrected chi connectivity index (χ3v) is 3.43. The van der Waals surface area contributed by atoms with E-state index in [4.69, 9.17) is 5.26 Å². The fraction of sp³-hybridized carbons (Fsp3) is 0.364. The van der Waals surface area contributed by atoms with Crippen LogP contribution in [0.1, 0.15) is 18.9 Å². The van der Waals surface area contributed by atoms with Gasteiger partial charge >= 0.3 is 0 Å². The van der Waals surface area contributed by atoms with Gasteiger partial charge in [-0.15, -0.1) is 0 Å². The molecule has 2 atom stereocenters. The van der Waals surface area contributed by atoms with Gasteiger partial charge in [-0.3, -0.25) is 0 Å². The van der Waals surface area contributed by atoms with Gasteiger partial charge in [0.05, 0.1) is 12.0 Å². The summed E-state index contributed by atoms with van der Waals surface area (Å²) >= 11 is 3.31. The molecule has 0 N–H and O–H groups in total. The first-order chi connectivity index (χ1) is 6.58. The summed E-state index contributed by atoms with van der Waals surface area (Å²) in [7, 11) is 0. The lowest BCUT2D eigenvalue weighted by molar-refractivity contribution is 0.578. The molecule has 2 unspecified atom stereocenters. The number of hydrogen-bond acceptors (Lipinski definition) is 1. The Kier molecular flexibility index (Phi) is 2.11. The van der Waals surface area contributed by atoms with Crippen molar-refractivity contribution in [2.75, 3.05) is 0 Å². The molecule has 3 heteroatoms. The van der Waals surface area contributed by atoms with Gasteiger partial charge < -0.3 is 0 Å². The standard InChI is InChI=1S/C11H9BrFN/c1-11(5-7(11)6-14)9-4-8(12)2-3-10(9)13/h2-4,7H,5H2,1H3. The van der Waals surface area contributed by atoms with Crippen molar-refractivity contribution in [2.24, 2.45) is 5.92 Å². The molecule has 1 aromatic carbocycles. The molecule has 0 spiro atoms. The first-order valence-corrected chi connectivity index (χ1v) is 5.22. The van der Waals surface area contributed by atoms with E-state index >= 15 is 0 Å². The molecule has 1 nitrogen and oxygen atoms in total. The molecule has 0 aliphatic heterocycles. The summed E-state index contributed by atoms with van der Waals surface area (Å²) in [6, 6.07) is 7.08. The van der Waals surface area contributed by atoms with E-state index in [1.807, 2.05) is 6.92 Å². The molecule has 2 rings (SSSR count). The monoisotopic (exact) mass is 253 g/mol. The van der Waals surface area contributed by atoms with Crippen molar-refractivity contribution in [3.05, 3.63) is 34.1 Å². The minimum atomic E-state index is -0.275. The van der Waals surface area contributed by atoms with Crippen LogP contribution < -0.4 is 0 Å². The molecule has 1 fully saturated rings. The van der Waals surface area contributed by atoms with E-state index in [0.29, 0.717) is 5.56 Å². The Bertz CT molecular complexity index is 424. The third-order valence-electron chi connectivity index (χ3n) is 2.94. The highest BCUT2D eigenvalue weighted by atomic mass is 79.9. The van der Waals surface area contributed by atoms with Crippen LogP contribution in [-0.4, -0.2) is 0 Å². The summed E-state index contributed by atoms with van der Waals surface area (Å²) in [6.45, 7) is 1.94. The maximum atomic E-state index is 13.5. The second-order valence-corrected chi connectivity index (χ2v) is 4.84. The molecule has 0 saturated heterocycles. The van der Waals surface area contributed by atoms with Crippen molar-refractivity contribution in [2.45, 2.75) is 18.8 Å². The van der Waals surface area contributed by atoms with E-state index in [1.165, 1.54) is 6.07 Å². The van der Waals surface area contributed by atoms with Crippen LogP contribution in [0.4, 0.5) is 4.39 Å². The zero-order valence-corrected chi connectivity index (χ0v) is 9.31. The number of halogens is 2. The second-order valence-electron chi connectivity index (χ2n) is 3.93. The number of nitriles is 1. The zero-order chi connectivity index (χ0) is 10.3. The van der Waals surface area contributed by atoms with Gasteiger partial charge in [-0.2, -0.15) is 5.26 Å². The Labute approximate surface area is 90.7 Å². The van der Waals surface area contributed by atoms with Crippen LogP contribution in [-0.2, 0) is 5.41 Å². The first kappa shape index (κ1) is 9.67. The lowest BCUT2D eigenvalue weighted by Gasteiger charge is -2.10. The van der Waals surface area contributed by atoms with Crippen LogP contribution >= 0.6 is 15.9 Å². The topological polar surface area (TPSA) is 23.8 Å². The number of rotatable bonds is 1. The highest BCUT2D eigenvalue weighted by Crippen LogP contribution is 2.54. The Morgan fingerprint density at radius 2 is 2.36 bits per heavy atom. The highest BCUT2D eigenvalue weighted by molar-refractivity contribution is 9.10. The molecule has 14 heavy (non-hydrogen) atoms. The molecule has 1 aliphatic carbocycles. The van der Waals surface area contributed by atoms with Crippen LogP contribution in [0.15, 0.2) is 22.7 Å². The molecule has 1 saturated carbocycles. The molecule has 0 aromatic heterocycles. The molecule has 1 aliphatic rings. The molecular weight excluding hydrogens is 245 g/mol. The second kappa shape index (κ2) is 3.06. The third kappa shape index (κ3) is 1.34. The van der Waals surface area contributed by atoms with E-state index in [1.54, 1.807) is 12.1 Å². The minimum Gasteiger partial charge on any atom is -0.207 e. The average Bonchev–Trinajstić information content (AvgIpc) is 2.83. The van der Waals surface area contributed by atoms with E-state index in [9.17, 15) is 4.39 Å². The number of nitrogens with zero attached hydrogens (tertiary/aromatic N) is 1. The first-order valence-electron chi connectivity index (χ1n) is 4.43. The van der Waals surface area contributed by atoms with Crippen LogP contribution in [0, 0.1) is 23.1 Å². The lowest BCUT2D eigenvalue weighted by atomic mass is 9.95. The van der Waals surface area contributed by atoms with Crippen molar-refractivity contribution in [3.63, 3.8) is 0 Å². The summed E-state index contributed by atoms with van der Waals surface area (Å²) in [5.74, 6) is -0.250. The van der Waals surface area contributed by atoms with Gasteiger partial charge in [0.25, 0.3) is 0 Å². The smallest absolute Gasteiger partial charge is 0.127 e. The van der Waals surface area contributed by atoms with E-state index in [-0.39, 0.29) is 17.2 Å². The molecule has 1 aromatic rings.